The van der Waals surface area contributed by atoms with E-state index < -0.39 is 0 Å². The smallest absolute Gasteiger partial charge is 0.124 e. The van der Waals surface area contributed by atoms with Gasteiger partial charge in [-0.1, -0.05) is 43.6 Å². The molecule has 3 heteroatoms. The fourth-order valence-corrected chi connectivity index (χ4v) is 2.61. The number of hydrogen-bond donors (Lipinski definition) is 1. The molecule has 1 aromatic carbocycles. The molecule has 0 bridgehead atoms. The van der Waals surface area contributed by atoms with Gasteiger partial charge in [0.2, 0.25) is 0 Å². The summed E-state index contributed by atoms with van der Waals surface area (Å²) in [5.74, 6) is 0.435. The SMILES string of the molecule is CNC(Cc1cc(F)cc(Br)c1)CC(C)C(C)(C)C. The molecule has 0 heterocycles. The number of nitrogens with one attached hydrogen (secondary N) is 1. The lowest BCUT2D eigenvalue weighted by molar-refractivity contribution is 0.225. The molecule has 0 aliphatic heterocycles. The van der Waals surface area contributed by atoms with Crippen molar-refractivity contribution in [1.82, 2.24) is 5.32 Å². The van der Waals surface area contributed by atoms with Gasteiger partial charge < -0.3 is 5.32 Å². The monoisotopic (exact) mass is 329 g/mol. The van der Waals surface area contributed by atoms with Crippen molar-refractivity contribution in [1.29, 1.82) is 0 Å². The van der Waals surface area contributed by atoms with Crippen LogP contribution in [0.25, 0.3) is 0 Å². The van der Waals surface area contributed by atoms with Gasteiger partial charge in [-0.3, -0.25) is 0 Å². The van der Waals surface area contributed by atoms with Gasteiger partial charge in [0.15, 0.2) is 0 Å². The van der Waals surface area contributed by atoms with Crippen molar-refractivity contribution in [3.63, 3.8) is 0 Å². The highest BCUT2D eigenvalue weighted by atomic mass is 79.9. The first-order valence-electron chi connectivity index (χ1n) is 6.84. The molecule has 0 radical (unpaired) electrons. The highest BCUT2D eigenvalue weighted by molar-refractivity contribution is 9.10. The maximum Gasteiger partial charge on any atom is 0.124 e. The van der Waals surface area contributed by atoms with Gasteiger partial charge in [0.1, 0.15) is 5.82 Å². The summed E-state index contributed by atoms with van der Waals surface area (Å²) >= 11 is 3.35. The van der Waals surface area contributed by atoms with E-state index in [1.165, 1.54) is 6.07 Å². The third-order valence-corrected chi connectivity index (χ3v) is 4.39. The zero-order valence-electron chi connectivity index (χ0n) is 12.6. The van der Waals surface area contributed by atoms with Crippen LogP contribution in [0.3, 0.4) is 0 Å². The average Bonchev–Trinajstić information content (AvgIpc) is 2.25. The summed E-state index contributed by atoms with van der Waals surface area (Å²) in [6.07, 6.45) is 1.95. The lowest BCUT2D eigenvalue weighted by Gasteiger charge is -2.30. The zero-order valence-corrected chi connectivity index (χ0v) is 14.1. The molecular formula is C16H25BrFN. The van der Waals surface area contributed by atoms with Crippen LogP contribution in [0.1, 0.15) is 39.7 Å². The van der Waals surface area contributed by atoms with E-state index in [9.17, 15) is 4.39 Å². The number of likely N-dealkylation sites (N-methyl/N-ethyl adjacent to an activating group) is 1. The Morgan fingerprint density at radius 1 is 1.26 bits per heavy atom. The molecule has 1 N–H and O–H groups in total. The maximum atomic E-state index is 13.4. The van der Waals surface area contributed by atoms with Crippen LogP contribution in [0.2, 0.25) is 0 Å². The van der Waals surface area contributed by atoms with Gasteiger partial charge in [-0.25, -0.2) is 4.39 Å². The molecule has 1 nitrogen and oxygen atoms in total. The minimum atomic E-state index is -0.178. The van der Waals surface area contributed by atoms with Gasteiger partial charge >= 0.3 is 0 Å². The Bertz CT molecular complexity index is 391. The third kappa shape index (κ3) is 5.62. The van der Waals surface area contributed by atoms with Gasteiger partial charge in [0.05, 0.1) is 0 Å². The summed E-state index contributed by atoms with van der Waals surface area (Å²) < 4.78 is 14.2. The van der Waals surface area contributed by atoms with Crippen LogP contribution >= 0.6 is 15.9 Å². The van der Waals surface area contributed by atoms with Gasteiger partial charge in [-0.15, -0.1) is 0 Å². The van der Waals surface area contributed by atoms with Crippen LogP contribution in [-0.4, -0.2) is 13.1 Å². The van der Waals surface area contributed by atoms with Crippen LogP contribution in [0.5, 0.6) is 0 Å². The predicted octanol–water partition coefficient (Wildman–Crippen LogP) is 4.79. The fraction of sp³-hybridized carbons (Fsp3) is 0.625. The molecule has 0 amide bonds. The Morgan fingerprint density at radius 3 is 2.37 bits per heavy atom. The molecule has 0 aliphatic carbocycles. The Kier molecular flexibility index (Phi) is 6.00. The van der Waals surface area contributed by atoms with E-state index >= 15 is 0 Å². The van der Waals surface area contributed by atoms with Crippen molar-refractivity contribution in [2.75, 3.05) is 7.05 Å². The van der Waals surface area contributed by atoms with E-state index in [0.717, 1.165) is 22.9 Å². The molecular weight excluding hydrogens is 305 g/mol. The van der Waals surface area contributed by atoms with Crippen LogP contribution in [0, 0.1) is 17.2 Å². The quantitative estimate of drug-likeness (QED) is 0.818. The maximum absolute atomic E-state index is 13.4. The predicted molar refractivity (Wildman–Crippen MR) is 83.9 cm³/mol. The van der Waals surface area contributed by atoms with Gasteiger partial charge in [0.25, 0.3) is 0 Å². The largest absolute Gasteiger partial charge is 0.317 e. The summed E-state index contributed by atoms with van der Waals surface area (Å²) in [5.41, 5.74) is 1.34. The molecule has 0 fully saturated rings. The summed E-state index contributed by atoms with van der Waals surface area (Å²) in [7, 11) is 1.98. The van der Waals surface area contributed by atoms with Crippen LogP contribution in [0.15, 0.2) is 22.7 Å². The number of rotatable bonds is 5. The van der Waals surface area contributed by atoms with Crippen LogP contribution < -0.4 is 5.32 Å². The summed E-state index contributed by atoms with van der Waals surface area (Å²) in [6, 6.07) is 5.49. The van der Waals surface area contributed by atoms with Crippen molar-refractivity contribution in [3.05, 3.63) is 34.1 Å². The van der Waals surface area contributed by atoms with Crippen molar-refractivity contribution in [2.24, 2.45) is 11.3 Å². The molecule has 108 valence electrons. The lowest BCUT2D eigenvalue weighted by atomic mass is 9.78. The van der Waals surface area contributed by atoms with E-state index in [2.05, 4.69) is 48.9 Å². The topological polar surface area (TPSA) is 12.0 Å². The van der Waals surface area contributed by atoms with Crippen LogP contribution in [-0.2, 0) is 6.42 Å². The first-order valence-corrected chi connectivity index (χ1v) is 7.64. The summed E-state index contributed by atoms with van der Waals surface area (Å²) in [5, 5.41) is 3.35. The van der Waals surface area contributed by atoms with E-state index in [-0.39, 0.29) is 5.82 Å². The second kappa shape index (κ2) is 6.85. The van der Waals surface area contributed by atoms with Crippen molar-refractivity contribution < 1.29 is 4.39 Å². The Hall–Kier alpha value is -0.410. The summed E-state index contributed by atoms with van der Waals surface area (Å²) in [4.78, 5) is 0. The highest BCUT2D eigenvalue weighted by Crippen LogP contribution is 2.29. The molecule has 0 aliphatic rings. The van der Waals surface area contributed by atoms with E-state index in [1.54, 1.807) is 6.07 Å². The standard InChI is InChI=1S/C16H25BrFN/c1-11(16(2,3)4)6-15(19-5)9-12-7-13(17)10-14(18)8-12/h7-8,10-11,15,19H,6,9H2,1-5H3. The second-order valence-electron chi connectivity index (χ2n) is 6.47. The first kappa shape index (κ1) is 16.6. The van der Waals surface area contributed by atoms with Crippen molar-refractivity contribution in [3.8, 4) is 0 Å². The molecule has 2 atom stereocenters. The Labute approximate surface area is 125 Å². The molecule has 1 aromatic rings. The minimum absolute atomic E-state index is 0.178. The molecule has 0 saturated heterocycles. The first-order chi connectivity index (χ1) is 8.72. The molecule has 19 heavy (non-hydrogen) atoms. The van der Waals surface area contributed by atoms with Crippen molar-refractivity contribution in [2.45, 2.75) is 46.6 Å². The molecule has 0 spiro atoms. The zero-order chi connectivity index (χ0) is 14.6. The second-order valence-corrected chi connectivity index (χ2v) is 7.39. The van der Waals surface area contributed by atoms with Gasteiger partial charge in [-0.05, 0) is 55.0 Å². The number of hydrogen-bond acceptors (Lipinski definition) is 1. The third-order valence-electron chi connectivity index (χ3n) is 3.93. The van der Waals surface area contributed by atoms with Gasteiger partial charge in [-0.2, -0.15) is 0 Å². The van der Waals surface area contributed by atoms with E-state index in [0.29, 0.717) is 17.4 Å². The normalized spacial score (nSPS) is 15.3. The van der Waals surface area contributed by atoms with E-state index in [4.69, 9.17) is 0 Å². The highest BCUT2D eigenvalue weighted by Gasteiger charge is 2.23. The van der Waals surface area contributed by atoms with Crippen LogP contribution in [0.4, 0.5) is 4.39 Å². The molecule has 0 saturated carbocycles. The van der Waals surface area contributed by atoms with E-state index in [1.807, 2.05) is 13.1 Å². The fourth-order valence-electron chi connectivity index (χ4n) is 2.10. The number of benzene rings is 1. The molecule has 1 rings (SSSR count). The minimum Gasteiger partial charge on any atom is -0.317 e. The lowest BCUT2D eigenvalue weighted by Crippen LogP contribution is -2.33. The molecule has 2 unspecified atom stereocenters. The number of halogens is 2. The van der Waals surface area contributed by atoms with Crippen molar-refractivity contribution >= 4 is 15.9 Å². The Morgan fingerprint density at radius 2 is 1.89 bits per heavy atom. The van der Waals surface area contributed by atoms with Gasteiger partial charge in [0, 0.05) is 10.5 Å². The molecule has 0 aromatic heterocycles. The summed E-state index contributed by atoms with van der Waals surface area (Å²) in [6.45, 7) is 9.08. The average molecular weight is 330 g/mol. The Balaban J connectivity index is 2.71.